The molecule has 2 N–H and O–H groups in total. The highest BCUT2D eigenvalue weighted by Gasteiger charge is 2.22. The van der Waals surface area contributed by atoms with E-state index in [1.54, 1.807) is 0 Å². The first-order valence-electron chi connectivity index (χ1n) is 6.15. The number of rotatable bonds is 4. The van der Waals surface area contributed by atoms with E-state index in [0.29, 0.717) is 24.8 Å². The van der Waals surface area contributed by atoms with Crippen molar-refractivity contribution in [3.63, 3.8) is 0 Å². The van der Waals surface area contributed by atoms with Crippen LogP contribution in [0.5, 0.6) is 0 Å². The third-order valence-electron chi connectivity index (χ3n) is 3.37. The highest BCUT2D eigenvalue weighted by Crippen LogP contribution is 2.20. The first kappa shape index (κ1) is 12.5. The number of nitrogens with two attached hydrogens (primary N) is 1. The van der Waals surface area contributed by atoms with E-state index in [0.717, 1.165) is 19.0 Å². The van der Waals surface area contributed by atoms with E-state index in [4.69, 9.17) is 5.73 Å². The molecule has 0 radical (unpaired) electrons. The lowest BCUT2D eigenvalue weighted by atomic mass is 9.95. The molecule has 1 rings (SSSR count). The summed E-state index contributed by atoms with van der Waals surface area (Å²) in [6.45, 7) is 6.77. The van der Waals surface area contributed by atoms with E-state index in [-0.39, 0.29) is 0 Å². The monoisotopic (exact) mass is 212 g/mol. The minimum absolute atomic E-state index is 0.297. The van der Waals surface area contributed by atoms with Crippen molar-refractivity contribution in [3.8, 4) is 0 Å². The highest BCUT2D eigenvalue weighted by molar-refractivity contribution is 5.76. The van der Waals surface area contributed by atoms with Crippen molar-refractivity contribution in [3.05, 3.63) is 0 Å². The quantitative estimate of drug-likeness (QED) is 0.769. The van der Waals surface area contributed by atoms with E-state index >= 15 is 0 Å². The van der Waals surface area contributed by atoms with Crippen LogP contribution in [0.3, 0.4) is 0 Å². The summed E-state index contributed by atoms with van der Waals surface area (Å²) in [7, 11) is 0. The second-order valence-electron chi connectivity index (χ2n) is 4.80. The molecule has 2 unspecified atom stereocenters. The number of piperidine rings is 1. The second-order valence-corrected chi connectivity index (χ2v) is 4.80. The van der Waals surface area contributed by atoms with Gasteiger partial charge in [0, 0.05) is 19.5 Å². The molecular weight excluding hydrogens is 188 g/mol. The molecule has 1 aliphatic heterocycles. The average molecular weight is 212 g/mol. The fourth-order valence-electron chi connectivity index (χ4n) is 2.14. The number of hydrogen-bond acceptors (Lipinski definition) is 2. The molecule has 0 aliphatic carbocycles. The van der Waals surface area contributed by atoms with Crippen LogP contribution in [-0.2, 0) is 4.79 Å². The largest absolute Gasteiger partial charge is 0.342 e. The molecule has 0 saturated carbocycles. The van der Waals surface area contributed by atoms with Gasteiger partial charge in [-0.2, -0.15) is 0 Å². The van der Waals surface area contributed by atoms with Crippen LogP contribution in [0.25, 0.3) is 0 Å². The minimum atomic E-state index is 0.297. The standard InChI is InChI=1S/C12H24N2O/c1-3-11-5-4-6-14(9-11)12(15)7-10(2)8-13/h10-11H,3-9,13H2,1-2H3. The number of hydrogen-bond donors (Lipinski definition) is 1. The Kier molecular flexibility index (Phi) is 5.09. The maximum atomic E-state index is 11.9. The minimum Gasteiger partial charge on any atom is -0.342 e. The van der Waals surface area contributed by atoms with Gasteiger partial charge in [-0.3, -0.25) is 4.79 Å². The number of amides is 1. The summed E-state index contributed by atoms with van der Waals surface area (Å²) < 4.78 is 0. The van der Waals surface area contributed by atoms with Gasteiger partial charge in [0.15, 0.2) is 0 Å². The Hall–Kier alpha value is -0.570. The second kappa shape index (κ2) is 6.11. The van der Waals surface area contributed by atoms with Gasteiger partial charge in [0.2, 0.25) is 5.91 Å². The molecule has 0 aromatic rings. The number of carbonyl (C=O) groups is 1. The summed E-state index contributed by atoms with van der Waals surface area (Å²) in [5.41, 5.74) is 5.53. The topological polar surface area (TPSA) is 46.3 Å². The van der Waals surface area contributed by atoms with Crippen LogP contribution in [0.2, 0.25) is 0 Å². The number of likely N-dealkylation sites (tertiary alicyclic amines) is 1. The van der Waals surface area contributed by atoms with Gasteiger partial charge < -0.3 is 10.6 Å². The van der Waals surface area contributed by atoms with E-state index in [9.17, 15) is 4.79 Å². The summed E-state index contributed by atoms with van der Waals surface area (Å²) in [5, 5.41) is 0. The molecule has 1 heterocycles. The molecule has 3 nitrogen and oxygen atoms in total. The smallest absolute Gasteiger partial charge is 0.222 e. The van der Waals surface area contributed by atoms with Crippen LogP contribution in [0, 0.1) is 11.8 Å². The van der Waals surface area contributed by atoms with Crippen LogP contribution >= 0.6 is 0 Å². The molecule has 1 aliphatic rings. The van der Waals surface area contributed by atoms with Crippen molar-refractivity contribution >= 4 is 5.91 Å². The maximum Gasteiger partial charge on any atom is 0.222 e. The van der Waals surface area contributed by atoms with Crippen molar-refractivity contribution in [1.82, 2.24) is 4.90 Å². The third-order valence-corrected chi connectivity index (χ3v) is 3.37. The lowest BCUT2D eigenvalue weighted by molar-refractivity contribution is -0.133. The Morgan fingerprint density at radius 1 is 1.60 bits per heavy atom. The predicted octanol–water partition coefficient (Wildman–Crippen LogP) is 1.62. The van der Waals surface area contributed by atoms with Crippen LogP contribution < -0.4 is 5.73 Å². The molecule has 88 valence electrons. The Morgan fingerprint density at radius 2 is 2.33 bits per heavy atom. The molecule has 1 fully saturated rings. The predicted molar refractivity (Wildman–Crippen MR) is 62.4 cm³/mol. The molecule has 0 aromatic carbocycles. The van der Waals surface area contributed by atoms with E-state index in [1.807, 2.05) is 11.8 Å². The Bertz CT molecular complexity index is 206. The van der Waals surface area contributed by atoms with E-state index < -0.39 is 0 Å². The Labute approximate surface area is 93.0 Å². The Morgan fingerprint density at radius 3 is 2.93 bits per heavy atom. The van der Waals surface area contributed by atoms with Crippen molar-refractivity contribution in [2.75, 3.05) is 19.6 Å². The van der Waals surface area contributed by atoms with Gasteiger partial charge in [0.05, 0.1) is 0 Å². The van der Waals surface area contributed by atoms with Crippen LogP contribution in [0.15, 0.2) is 0 Å². The van der Waals surface area contributed by atoms with Crippen molar-refractivity contribution < 1.29 is 4.79 Å². The summed E-state index contributed by atoms with van der Waals surface area (Å²) in [4.78, 5) is 13.9. The van der Waals surface area contributed by atoms with Gasteiger partial charge in [0.25, 0.3) is 0 Å². The van der Waals surface area contributed by atoms with E-state index in [1.165, 1.54) is 19.3 Å². The number of carbonyl (C=O) groups excluding carboxylic acids is 1. The first-order chi connectivity index (χ1) is 7.17. The van der Waals surface area contributed by atoms with Gasteiger partial charge in [-0.05, 0) is 31.2 Å². The van der Waals surface area contributed by atoms with Gasteiger partial charge in [-0.25, -0.2) is 0 Å². The zero-order valence-corrected chi connectivity index (χ0v) is 10.0. The van der Waals surface area contributed by atoms with E-state index in [2.05, 4.69) is 6.92 Å². The molecule has 15 heavy (non-hydrogen) atoms. The van der Waals surface area contributed by atoms with Crippen LogP contribution in [0.4, 0.5) is 0 Å². The zero-order valence-electron chi connectivity index (χ0n) is 10.0. The summed E-state index contributed by atoms with van der Waals surface area (Å²) in [6.07, 6.45) is 4.26. The maximum absolute atomic E-state index is 11.9. The fourth-order valence-corrected chi connectivity index (χ4v) is 2.14. The number of nitrogens with zero attached hydrogens (tertiary/aromatic N) is 1. The summed E-state index contributed by atoms with van der Waals surface area (Å²) in [5.74, 6) is 1.33. The summed E-state index contributed by atoms with van der Waals surface area (Å²) in [6, 6.07) is 0. The molecule has 1 amide bonds. The molecule has 1 saturated heterocycles. The first-order valence-corrected chi connectivity index (χ1v) is 6.15. The normalized spacial score (nSPS) is 23.9. The van der Waals surface area contributed by atoms with Gasteiger partial charge in [-0.1, -0.05) is 20.3 Å². The molecule has 0 aromatic heterocycles. The molecule has 0 spiro atoms. The lowest BCUT2D eigenvalue weighted by Gasteiger charge is -2.33. The van der Waals surface area contributed by atoms with Gasteiger partial charge in [0.1, 0.15) is 0 Å². The van der Waals surface area contributed by atoms with Crippen LogP contribution in [-0.4, -0.2) is 30.4 Å². The Balaban J connectivity index is 2.38. The third kappa shape index (κ3) is 3.82. The van der Waals surface area contributed by atoms with Crippen molar-refractivity contribution in [2.45, 2.75) is 39.5 Å². The molecule has 2 atom stereocenters. The molecule has 3 heteroatoms. The fraction of sp³-hybridized carbons (Fsp3) is 0.917. The average Bonchev–Trinajstić information content (AvgIpc) is 2.28. The van der Waals surface area contributed by atoms with Gasteiger partial charge >= 0.3 is 0 Å². The summed E-state index contributed by atoms with van der Waals surface area (Å²) >= 11 is 0. The van der Waals surface area contributed by atoms with Crippen molar-refractivity contribution in [2.24, 2.45) is 17.6 Å². The lowest BCUT2D eigenvalue weighted by Crippen LogP contribution is -2.40. The highest BCUT2D eigenvalue weighted by atomic mass is 16.2. The zero-order chi connectivity index (χ0) is 11.3. The molecule has 0 bridgehead atoms. The molecular formula is C12H24N2O. The van der Waals surface area contributed by atoms with Crippen LogP contribution in [0.1, 0.15) is 39.5 Å². The van der Waals surface area contributed by atoms with Gasteiger partial charge in [-0.15, -0.1) is 0 Å². The SMILES string of the molecule is CCC1CCCN(C(=O)CC(C)CN)C1. The van der Waals surface area contributed by atoms with Crippen molar-refractivity contribution in [1.29, 1.82) is 0 Å².